The monoisotopic (exact) mass is 376 g/mol. The number of aromatic nitrogens is 1. The maximum absolute atomic E-state index is 11.1. The van der Waals surface area contributed by atoms with Crippen molar-refractivity contribution in [2.75, 3.05) is 14.1 Å². The molecule has 0 saturated carbocycles. The maximum Gasteiger partial charge on any atom is 0.274 e. The second-order valence-corrected chi connectivity index (χ2v) is 6.91. The Hall–Kier alpha value is -2.68. The Bertz CT molecular complexity index is 1150. The number of pyridine rings is 1. The summed E-state index contributed by atoms with van der Waals surface area (Å²) in [5.41, 5.74) is 2.86. The second-order valence-electron chi connectivity index (χ2n) is 5.53. The van der Waals surface area contributed by atoms with E-state index in [2.05, 4.69) is 9.71 Å². The molecular weight excluding hydrogens is 354 g/mol. The molecule has 1 heterocycles. The first-order valence-corrected chi connectivity index (χ1v) is 9.13. The fourth-order valence-corrected chi connectivity index (χ4v) is 3.04. The minimum Gasteiger partial charge on any atom is -0.497 e. The largest absolute Gasteiger partial charge is 0.497 e. The summed E-state index contributed by atoms with van der Waals surface area (Å²) in [6, 6.07) is 12.0. The first-order valence-electron chi connectivity index (χ1n) is 9.08. The molecule has 0 bridgehead atoms. The van der Waals surface area contributed by atoms with Crippen molar-refractivity contribution in [3.05, 3.63) is 54.2 Å². The molecule has 3 N–H and O–H groups in total. The Morgan fingerprint density at radius 1 is 1.19 bits per heavy atom. The predicted octanol–water partition coefficient (Wildman–Crippen LogP) is 2.21. The molecule has 0 atom stereocenters. The normalized spacial score (nSPS) is 13.7. The van der Waals surface area contributed by atoms with E-state index in [-0.39, 0.29) is 12.3 Å². The van der Waals surface area contributed by atoms with E-state index in [0.29, 0.717) is 16.8 Å². The van der Waals surface area contributed by atoms with Crippen molar-refractivity contribution in [2.45, 2.75) is 6.54 Å². The molecule has 3 aromatic rings. The fraction of sp³-hybridized carbons (Fsp3) is 0.167. The second kappa shape index (κ2) is 7.28. The highest BCUT2D eigenvalue weighted by Crippen LogP contribution is 2.32. The zero-order chi connectivity index (χ0) is 21.2. The van der Waals surface area contributed by atoms with E-state index in [1.54, 1.807) is 36.5 Å². The van der Waals surface area contributed by atoms with Crippen LogP contribution in [0.15, 0.2) is 48.7 Å². The van der Waals surface area contributed by atoms with Crippen molar-refractivity contribution in [1.29, 1.82) is 0 Å². The Labute approximate surface area is 156 Å². The van der Waals surface area contributed by atoms with Crippen molar-refractivity contribution >= 4 is 21.1 Å². The number of hydrogen-bond donors (Lipinski definition) is 2. The minimum atomic E-state index is -3.82. The van der Waals surface area contributed by atoms with Gasteiger partial charge in [-0.25, -0.2) is 5.14 Å². The van der Waals surface area contributed by atoms with Crippen LogP contribution in [0.1, 0.15) is 9.68 Å². The number of nitrogens with one attached hydrogen (secondary N) is 1. The molecule has 2 aromatic carbocycles. The lowest BCUT2D eigenvalue weighted by molar-refractivity contribution is 0.409. The number of nitrogens with zero attached hydrogens (tertiary/aromatic N) is 1. The summed E-state index contributed by atoms with van der Waals surface area (Å²) in [6.07, 6.45) is 1.61. The molecule has 0 aliphatic heterocycles. The van der Waals surface area contributed by atoms with Gasteiger partial charge in [0.25, 0.3) is 10.2 Å². The summed E-state index contributed by atoms with van der Waals surface area (Å²) >= 11 is 0. The lowest BCUT2D eigenvalue weighted by atomic mass is 9.99. The predicted molar refractivity (Wildman–Crippen MR) is 100 cm³/mol. The summed E-state index contributed by atoms with van der Waals surface area (Å²) in [4.78, 5) is 4.29. The van der Waals surface area contributed by atoms with Gasteiger partial charge in [-0.3, -0.25) is 4.98 Å². The molecule has 0 aliphatic rings. The van der Waals surface area contributed by atoms with Crippen molar-refractivity contribution in [3.63, 3.8) is 0 Å². The number of methoxy groups -OCH3 is 2. The molecule has 0 unspecified atom stereocenters. The molecule has 26 heavy (non-hydrogen) atoms. The van der Waals surface area contributed by atoms with Crippen LogP contribution in [0.3, 0.4) is 0 Å². The molecular formula is C18H19N3O4S. The third kappa shape index (κ3) is 3.93. The fourth-order valence-electron chi connectivity index (χ4n) is 2.68. The van der Waals surface area contributed by atoms with Crippen molar-refractivity contribution < 1.29 is 22.0 Å². The van der Waals surface area contributed by atoms with Gasteiger partial charge >= 0.3 is 0 Å². The minimum absolute atomic E-state index is 0.00476. The van der Waals surface area contributed by atoms with E-state index in [1.807, 2.05) is 12.1 Å². The first kappa shape index (κ1) is 14.5. The van der Waals surface area contributed by atoms with Crippen LogP contribution in [0.5, 0.6) is 11.5 Å². The molecule has 0 aliphatic carbocycles. The van der Waals surface area contributed by atoms with Gasteiger partial charge in [-0.15, -0.1) is 0 Å². The molecule has 0 spiro atoms. The van der Waals surface area contributed by atoms with Crippen LogP contribution in [0.25, 0.3) is 22.0 Å². The first-order chi connectivity index (χ1) is 13.6. The molecule has 136 valence electrons. The Morgan fingerprint density at radius 3 is 2.77 bits per heavy atom. The van der Waals surface area contributed by atoms with Gasteiger partial charge < -0.3 is 9.47 Å². The molecule has 7 nitrogen and oxygen atoms in total. The quantitative estimate of drug-likeness (QED) is 0.686. The summed E-state index contributed by atoms with van der Waals surface area (Å²) in [5, 5.41) is 5.77. The number of rotatable bonds is 6. The van der Waals surface area contributed by atoms with Crippen LogP contribution >= 0.6 is 0 Å². The van der Waals surface area contributed by atoms with Gasteiger partial charge in [0.05, 0.1) is 23.8 Å². The van der Waals surface area contributed by atoms with Crippen LogP contribution in [0.2, 0.25) is 0 Å². The van der Waals surface area contributed by atoms with E-state index in [9.17, 15) is 8.42 Å². The van der Waals surface area contributed by atoms with Gasteiger partial charge in [0.15, 0.2) is 0 Å². The summed E-state index contributed by atoms with van der Waals surface area (Å²) in [5.74, 6) is 0.690. The van der Waals surface area contributed by atoms with E-state index in [1.165, 1.54) is 7.11 Å². The summed E-state index contributed by atoms with van der Waals surface area (Å²) < 4.78 is 56.5. The zero-order valence-corrected chi connectivity index (χ0v) is 14.7. The highest BCUT2D eigenvalue weighted by Gasteiger charge is 2.11. The topological polar surface area (TPSA) is 104 Å². The Balaban J connectivity index is 1.99. The van der Waals surface area contributed by atoms with E-state index in [4.69, 9.17) is 18.7 Å². The number of benzene rings is 2. The molecule has 8 heteroatoms. The maximum atomic E-state index is 11.1. The van der Waals surface area contributed by atoms with Crippen LogP contribution < -0.4 is 19.3 Å². The standard InChI is InChI=1S/C18H19N3O4S/c1-24-14-5-6-16-15(7-8-20-17(16)10-14)12-3-4-13(18(9-12)25-2)11-21-26(19,22)23/h3-10,21H,11H2,1-2H3,(H2,19,22,23)/i1D3. The van der Waals surface area contributed by atoms with Gasteiger partial charge in [-0.2, -0.15) is 13.1 Å². The van der Waals surface area contributed by atoms with Crippen molar-refractivity contribution in [1.82, 2.24) is 9.71 Å². The zero-order valence-electron chi connectivity index (χ0n) is 16.9. The van der Waals surface area contributed by atoms with Crippen LogP contribution in [0.4, 0.5) is 0 Å². The molecule has 0 saturated heterocycles. The van der Waals surface area contributed by atoms with Crippen molar-refractivity contribution in [2.24, 2.45) is 5.14 Å². The van der Waals surface area contributed by atoms with E-state index >= 15 is 0 Å². The molecule has 0 radical (unpaired) electrons. The molecule has 3 rings (SSSR count). The average Bonchev–Trinajstić information content (AvgIpc) is 2.63. The van der Waals surface area contributed by atoms with Crippen molar-refractivity contribution in [3.8, 4) is 22.6 Å². The van der Waals surface area contributed by atoms with Gasteiger partial charge in [-0.05, 0) is 35.4 Å². The highest BCUT2D eigenvalue weighted by molar-refractivity contribution is 7.87. The summed E-state index contributed by atoms with van der Waals surface area (Å²) in [7, 11) is -4.87. The lowest BCUT2D eigenvalue weighted by Crippen LogP contribution is -2.30. The van der Waals surface area contributed by atoms with Crippen LogP contribution in [0, 0.1) is 0 Å². The number of hydrogen-bond acceptors (Lipinski definition) is 5. The van der Waals surface area contributed by atoms with E-state index < -0.39 is 17.2 Å². The number of fused-ring (bicyclic) bond motifs is 1. The average molecular weight is 376 g/mol. The number of nitrogens with two attached hydrogens (primary N) is 1. The molecule has 1 aromatic heterocycles. The Kier molecular flexibility index (Phi) is 4.06. The lowest BCUT2D eigenvalue weighted by Gasteiger charge is -2.13. The highest BCUT2D eigenvalue weighted by atomic mass is 32.2. The smallest absolute Gasteiger partial charge is 0.274 e. The van der Waals surface area contributed by atoms with E-state index in [0.717, 1.165) is 16.5 Å². The summed E-state index contributed by atoms with van der Waals surface area (Å²) in [6.45, 7) is -0.00476. The van der Waals surface area contributed by atoms with Crippen LogP contribution in [-0.2, 0) is 16.8 Å². The number of ether oxygens (including phenoxy) is 2. The molecule has 0 amide bonds. The van der Waals surface area contributed by atoms with Gasteiger partial charge in [-0.1, -0.05) is 12.1 Å². The molecule has 0 fully saturated rings. The van der Waals surface area contributed by atoms with Gasteiger partial charge in [0, 0.05) is 29.8 Å². The Morgan fingerprint density at radius 2 is 2.04 bits per heavy atom. The third-order valence-electron chi connectivity index (χ3n) is 3.89. The van der Waals surface area contributed by atoms with Gasteiger partial charge in [0.1, 0.15) is 11.5 Å². The third-order valence-corrected chi connectivity index (χ3v) is 4.44. The van der Waals surface area contributed by atoms with Crippen LogP contribution in [-0.4, -0.2) is 27.5 Å². The van der Waals surface area contributed by atoms with Gasteiger partial charge in [0.2, 0.25) is 0 Å². The SMILES string of the molecule is [2H]C([2H])([2H])Oc1ccc2c(-c3ccc(CNS(N)(=O)=O)c(OC)c3)ccnc2c1.